The van der Waals surface area contributed by atoms with Crippen LogP contribution in [0.2, 0.25) is 0 Å². The van der Waals surface area contributed by atoms with Crippen molar-refractivity contribution in [2.24, 2.45) is 16.2 Å². The number of carboxylic acid groups (broad SMARTS) is 3. The van der Waals surface area contributed by atoms with E-state index in [9.17, 15) is 29.7 Å². The number of rotatable bonds is 18. The van der Waals surface area contributed by atoms with Gasteiger partial charge in [0.1, 0.15) is 0 Å². The molecule has 0 N–H and O–H groups in total. The Bertz CT molecular complexity index is 542. The van der Waals surface area contributed by atoms with E-state index < -0.39 is 17.9 Å². The van der Waals surface area contributed by atoms with Gasteiger partial charge in [-0.15, -0.1) is 0 Å². The quantitative estimate of drug-likeness (QED) is 0.132. The third kappa shape index (κ3) is 74.5. The van der Waals surface area contributed by atoms with Gasteiger partial charge in [-0.05, 0) is 74.0 Å². The number of hydrogen-bond donors (Lipinski definition) is 0. The number of unbranched alkanes of at least 4 members (excludes halogenated alkanes) is 9. The maximum absolute atomic E-state index is 10.0. The summed E-state index contributed by atoms with van der Waals surface area (Å²) in [5.74, 6) is -2.78. The van der Waals surface area contributed by atoms with Crippen molar-refractivity contribution in [3.05, 3.63) is 0 Å². The third-order valence-electron chi connectivity index (χ3n) is 6.38. The van der Waals surface area contributed by atoms with Gasteiger partial charge in [0.15, 0.2) is 0 Å². The SMILES string of the molecule is CC(C)(C)CCCCCC(=O)[O-].CC(C)(C)CCCCCC(=O)[O-].CC(C)(C)CCCCCC(=O)[O-].CCCCCC.[Nd+3]. The van der Waals surface area contributed by atoms with Gasteiger partial charge < -0.3 is 29.7 Å². The average molecular weight is 744 g/mol. The van der Waals surface area contributed by atoms with Crippen LogP contribution in [-0.4, -0.2) is 17.9 Å². The molecule has 0 fully saturated rings. The van der Waals surface area contributed by atoms with Gasteiger partial charge in [0, 0.05) is 17.9 Å². The van der Waals surface area contributed by atoms with Gasteiger partial charge in [0.2, 0.25) is 0 Å². The number of carboxylic acids is 3. The molecule has 0 unspecified atom stereocenters. The van der Waals surface area contributed by atoms with Gasteiger partial charge >= 0.3 is 40.8 Å². The van der Waals surface area contributed by atoms with Crippen molar-refractivity contribution in [2.75, 3.05) is 0 Å². The Labute approximate surface area is 300 Å². The van der Waals surface area contributed by atoms with E-state index in [-0.39, 0.29) is 60.1 Å². The molecule has 0 bridgehead atoms. The largest absolute Gasteiger partial charge is 3.00 e. The molecule has 0 aliphatic rings. The number of carbonyl (C=O) groups is 3. The average Bonchev–Trinajstić information content (AvgIpc) is 2.80. The summed E-state index contributed by atoms with van der Waals surface area (Å²) < 4.78 is 0. The predicted molar refractivity (Wildman–Crippen MR) is 172 cm³/mol. The molecule has 7 heteroatoms. The molecule has 0 aliphatic carbocycles. The van der Waals surface area contributed by atoms with E-state index in [0.29, 0.717) is 16.2 Å². The van der Waals surface area contributed by atoms with E-state index in [1.165, 1.54) is 44.9 Å². The summed E-state index contributed by atoms with van der Waals surface area (Å²) in [4.78, 5) is 30.1. The zero-order chi connectivity index (χ0) is 33.7. The summed E-state index contributed by atoms with van der Waals surface area (Å²) in [7, 11) is 0. The van der Waals surface area contributed by atoms with Crippen LogP contribution in [0.1, 0.15) is 198 Å². The van der Waals surface area contributed by atoms with E-state index in [1.54, 1.807) is 0 Å². The molecular weight excluding hydrogens is 673 g/mol. The van der Waals surface area contributed by atoms with E-state index in [1.807, 2.05) is 0 Å². The van der Waals surface area contributed by atoms with Crippen molar-refractivity contribution in [3.63, 3.8) is 0 Å². The van der Waals surface area contributed by atoms with Gasteiger partial charge in [0.05, 0.1) is 0 Å². The van der Waals surface area contributed by atoms with Gasteiger partial charge in [-0.3, -0.25) is 0 Å². The summed E-state index contributed by atoms with van der Waals surface area (Å²) in [6.07, 6.45) is 18.3. The van der Waals surface area contributed by atoms with Crippen LogP contribution in [0.15, 0.2) is 0 Å². The standard InChI is InChI=1S/3C10H20O2.C6H14.Nd/c3*1-10(2,3)8-6-4-5-7-9(11)12;1-3-5-6-4-2;/h3*4-8H2,1-3H3,(H,11,12);3-6H2,1-2H3;/q;;;;+3/p-3. The first-order chi connectivity index (χ1) is 19.2. The molecule has 0 saturated heterocycles. The second kappa shape index (κ2) is 33.1. The summed E-state index contributed by atoms with van der Waals surface area (Å²) in [6, 6.07) is 0. The molecule has 255 valence electrons. The Balaban J connectivity index is -0.000000152. The zero-order valence-corrected chi connectivity index (χ0v) is 33.6. The van der Waals surface area contributed by atoms with Gasteiger partial charge in [-0.1, -0.05) is 140 Å². The van der Waals surface area contributed by atoms with Crippen molar-refractivity contribution in [1.29, 1.82) is 0 Å². The van der Waals surface area contributed by atoms with Crippen LogP contribution in [-0.2, 0) is 14.4 Å². The predicted octanol–water partition coefficient (Wildman–Crippen LogP) is 7.79. The minimum atomic E-state index is -0.925. The Hall–Kier alpha value is -0.239. The summed E-state index contributed by atoms with van der Waals surface area (Å²) in [5.41, 5.74) is 1.13. The van der Waals surface area contributed by atoms with E-state index >= 15 is 0 Å². The molecular formula is C36H71NdO6. The summed E-state index contributed by atoms with van der Waals surface area (Å²) in [6.45, 7) is 24.3. The van der Waals surface area contributed by atoms with Crippen molar-refractivity contribution < 1.29 is 70.5 Å². The van der Waals surface area contributed by atoms with Crippen LogP contribution in [0, 0.1) is 57.1 Å². The Kier molecular flexibility index (Phi) is 40.3. The fourth-order valence-corrected chi connectivity index (χ4v) is 3.80. The first-order valence-electron chi connectivity index (χ1n) is 16.8. The maximum atomic E-state index is 10.0. The molecule has 0 rings (SSSR count). The molecule has 1 radical (unpaired) electrons. The topological polar surface area (TPSA) is 120 Å². The summed E-state index contributed by atoms with van der Waals surface area (Å²) in [5, 5.41) is 30.1. The first-order valence-corrected chi connectivity index (χ1v) is 16.8. The van der Waals surface area contributed by atoms with E-state index in [0.717, 1.165) is 57.8 Å². The van der Waals surface area contributed by atoms with E-state index in [4.69, 9.17) is 0 Å². The molecule has 0 aliphatic heterocycles. The van der Waals surface area contributed by atoms with Crippen molar-refractivity contribution >= 4 is 17.9 Å². The Morgan fingerprint density at radius 1 is 0.395 bits per heavy atom. The smallest absolute Gasteiger partial charge is 0.550 e. The first kappa shape index (κ1) is 52.3. The van der Waals surface area contributed by atoms with Gasteiger partial charge in [0.25, 0.3) is 0 Å². The molecule has 0 atom stereocenters. The van der Waals surface area contributed by atoms with Crippen LogP contribution in [0.3, 0.4) is 0 Å². The van der Waals surface area contributed by atoms with E-state index in [2.05, 4.69) is 76.2 Å². The number of carbonyl (C=O) groups excluding carboxylic acids is 3. The van der Waals surface area contributed by atoms with Crippen LogP contribution < -0.4 is 15.3 Å². The fourth-order valence-electron chi connectivity index (χ4n) is 3.80. The normalized spacial score (nSPS) is 11.0. The summed E-state index contributed by atoms with van der Waals surface area (Å²) >= 11 is 0. The molecule has 43 heavy (non-hydrogen) atoms. The zero-order valence-electron chi connectivity index (χ0n) is 30.4. The monoisotopic (exact) mass is 741 g/mol. The maximum Gasteiger partial charge on any atom is 3.00 e. The van der Waals surface area contributed by atoms with Crippen LogP contribution in [0.5, 0.6) is 0 Å². The number of hydrogen-bond acceptors (Lipinski definition) is 6. The van der Waals surface area contributed by atoms with Crippen LogP contribution in [0.4, 0.5) is 0 Å². The molecule has 6 nitrogen and oxygen atoms in total. The second-order valence-electron chi connectivity index (χ2n) is 15.2. The van der Waals surface area contributed by atoms with Crippen molar-refractivity contribution in [1.82, 2.24) is 0 Å². The number of aliphatic carboxylic acids is 3. The fraction of sp³-hybridized carbons (Fsp3) is 0.917. The molecule has 0 aromatic rings. The third-order valence-corrected chi connectivity index (χ3v) is 6.38. The molecule has 0 aromatic carbocycles. The van der Waals surface area contributed by atoms with Crippen molar-refractivity contribution in [2.45, 2.75) is 198 Å². The Morgan fingerprint density at radius 2 is 0.605 bits per heavy atom. The Morgan fingerprint density at radius 3 is 0.744 bits per heavy atom. The second-order valence-corrected chi connectivity index (χ2v) is 15.2. The molecule has 0 heterocycles. The van der Waals surface area contributed by atoms with Crippen LogP contribution >= 0.6 is 0 Å². The molecule has 0 aromatic heterocycles. The molecule has 0 spiro atoms. The van der Waals surface area contributed by atoms with Gasteiger partial charge in [-0.25, -0.2) is 0 Å². The minimum absolute atomic E-state index is 0. The van der Waals surface area contributed by atoms with Gasteiger partial charge in [-0.2, -0.15) is 0 Å². The molecule has 0 saturated carbocycles. The minimum Gasteiger partial charge on any atom is -0.550 e. The van der Waals surface area contributed by atoms with Crippen LogP contribution in [0.25, 0.3) is 0 Å². The van der Waals surface area contributed by atoms with Crippen molar-refractivity contribution in [3.8, 4) is 0 Å². The molecule has 0 amide bonds.